The maximum Gasteiger partial charge on any atom is 0.128 e. The molecule has 80 valence electrons. The van der Waals surface area contributed by atoms with Gasteiger partial charge in [-0.1, -0.05) is 11.6 Å². The van der Waals surface area contributed by atoms with E-state index in [9.17, 15) is 0 Å². The van der Waals surface area contributed by atoms with Crippen LogP contribution in [0.1, 0.15) is 25.0 Å². The second-order valence-electron chi connectivity index (χ2n) is 4.58. The van der Waals surface area contributed by atoms with E-state index in [1.165, 1.54) is 11.1 Å². The fourth-order valence-corrected chi connectivity index (χ4v) is 1.96. The van der Waals surface area contributed by atoms with Crippen molar-refractivity contribution in [3.8, 4) is 5.75 Å². The van der Waals surface area contributed by atoms with Gasteiger partial charge in [-0.3, -0.25) is 0 Å². The number of hydrogen-bond acceptors (Lipinski definition) is 2. The Morgan fingerprint density at radius 2 is 2.07 bits per heavy atom. The monoisotopic (exact) mass is 203 g/mol. The van der Waals surface area contributed by atoms with Gasteiger partial charge in [0.2, 0.25) is 0 Å². The Balaban J connectivity index is 2.56. The van der Waals surface area contributed by atoms with Crippen LogP contribution in [0, 0.1) is 6.92 Å². The molecule has 0 aromatic heterocycles. The third-order valence-corrected chi connectivity index (χ3v) is 2.60. The molecule has 15 heavy (non-hydrogen) atoms. The lowest BCUT2D eigenvalue weighted by Crippen LogP contribution is -2.30. The van der Waals surface area contributed by atoms with Gasteiger partial charge in [0.15, 0.2) is 0 Å². The third kappa shape index (κ3) is 1.90. The van der Waals surface area contributed by atoms with Gasteiger partial charge in [0.25, 0.3) is 0 Å². The van der Waals surface area contributed by atoms with Gasteiger partial charge >= 0.3 is 0 Å². The molecule has 0 unspecified atom stereocenters. The van der Waals surface area contributed by atoms with E-state index in [1.807, 2.05) is 19.9 Å². The minimum Gasteiger partial charge on any atom is -0.483 e. The van der Waals surface area contributed by atoms with Crippen molar-refractivity contribution in [3.63, 3.8) is 0 Å². The second kappa shape index (κ2) is 3.38. The second-order valence-corrected chi connectivity index (χ2v) is 4.58. The molecule has 1 heterocycles. The Morgan fingerprint density at radius 1 is 1.33 bits per heavy atom. The van der Waals surface area contributed by atoms with Gasteiger partial charge in [-0.2, -0.15) is 0 Å². The summed E-state index contributed by atoms with van der Waals surface area (Å²) in [7, 11) is 0. The molecule has 0 aliphatic carbocycles. The molecule has 1 aromatic rings. The van der Waals surface area contributed by atoms with Crippen LogP contribution in [0.15, 0.2) is 24.3 Å². The maximum atomic E-state index is 5.87. The fourth-order valence-electron chi connectivity index (χ4n) is 1.96. The number of hydrogen-bond donors (Lipinski definition) is 1. The van der Waals surface area contributed by atoms with E-state index in [0.29, 0.717) is 6.54 Å². The lowest BCUT2D eigenvalue weighted by Gasteiger charge is -2.31. The fraction of sp³-hybridized carbons (Fsp3) is 0.385. The molecule has 0 bridgehead atoms. The number of ether oxygens (including phenoxy) is 1. The predicted octanol–water partition coefficient (Wildman–Crippen LogP) is 2.51. The van der Waals surface area contributed by atoms with Crippen LogP contribution in [-0.4, -0.2) is 12.1 Å². The van der Waals surface area contributed by atoms with E-state index < -0.39 is 0 Å². The predicted molar refractivity (Wildman–Crippen MR) is 62.9 cm³/mol. The smallest absolute Gasteiger partial charge is 0.128 e. The molecule has 0 spiro atoms. The van der Waals surface area contributed by atoms with E-state index in [2.05, 4.69) is 25.1 Å². The summed E-state index contributed by atoms with van der Waals surface area (Å²) in [6, 6.07) is 6.21. The molecule has 0 saturated carbocycles. The van der Waals surface area contributed by atoms with Crippen molar-refractivity contribution in [3.05, 3.63) is 35.4 Å². The van der Waals surface area contributed by atoms with Crippen LogP contribution in [0.25, 0.3) is 5.57 Å². The normalized spacial score (nSPS) is 17.7. The lowest BCUT2D eigenvalue weighted by atomic mass is 9.94. The zero-order chi connectivity index (χ0) is 11.1. The average molecular weight is 203 g/mol. The minimum atomic E-state index is -0.253. The maximum absolute atomic E-state index is 5.87. The Bertz CT molecular complexity index is 419. The highest BCUT2D eigenvalue weighted by atomic mass is 16.5. The van der Waals surface area contributed by atoms with Crippen LogP contribution < -0.4 is 10.5 Å². The number of aryl methyl sites for hydroxylation is 1. The number of fused-ring (bicyclic) bond motifs is 1. The highest BCUT2D eigenvalue weighted by molar-refractivity contribution is 5.74. The zero-order valence-electron chi connectivity index (χ0n) is 9.50. The minimum absolute atomic E-state index is 0.253. The Labute approximate surface area is 90.7 Å². The summed E-state index contributed by atoms with van der Waals surface area (Å²) in [6.45, 7) is 6.73. The van der Waals surface area contributed by atoms with E-state index in [4.69, 9.17) is 10.5 Å². The number of nitrogens with two attached hydrogens (primary N) is 1. The van der Waals surface area contributed by atoms with Crippen LogP contribution in [0.2, 0.25) is 0 Å². The molecule has 2 rings (SSSR count). The quantitative estimate of drug-likeness (QED) is 0.761. The third-order valence-electron chi connectivity index (χ3n) is 2.60. The van der Waals surface area contributed by atoms with Gasteiger partial charge in [-0.25, -0.2) is 0 Å². The van der Waals surface area contributed by atoms with Crippen molar-refractivity contribution in [2.75, 3.05) is 6.54 Å². The highest BCUT2D eigenvalue weighted by Crippen LogP contribution is 2.35. The number of rotatable bonds is 1. The van der Waals surface area contributed by atoms with E-state index in [-0.39, 0.29) is 5.60 Å². The molecule has 0 fully saturated rings. The Morgan fingerprint density at radius 3 is 2.73 bits per heavy atom. The van der Waals surface area contributed by atoms with Crippen molar-refractivity contribution in [1.82, 2.24) is 0 Å². The molecule has 2 nitrogen and oxygen atoms in total. The van der Waals surface area contributed by atoms with Crippen LogP contribution in [0.3, 0.4) is 0 Å². The van der Waals surface area contributed by atoms with Crippen LogP contribution in [-0.2, 0) is 0 Å². The first-order chi connectivity index (χ1) is 7.02. The number of benzene rings is 1. The summed E-state index contributed by atoms with van der Waals surface area (Å²) in [6.07, 6.45) is 2.11. The van der Waals surface area contributed by atoms with Crippen LogP contribution >= 0.6 is 0 Å². The molecular weight excluding hydrogens is 186 g/mol. The summed E-state index contributed by atoms with van der Waals surface area (Å²) in [5, 5.41) is 0. The molecule has 0 amide bonds. The molecule has 0 saturated heterocycles. The summed E-state index contributed by atoms with van der Waals surface area (Å²) < 4.78 is 5.87. The van der Waals surface area contributed by atoms with Gasteiger partial charge in [-0.15, -0.1) is 0 Å². The van der Waals surface area contributed by atoms with Gasteiger partial charge in [0, 0.05) is 12.1 Å². The average Bonchev–Trinajstić information content (AvgIpc) is 2.16. The Kier molecular flexibility index (Phi) is 2.31. The first-order valence-corrected chi connectivity index (χ1v) is 5.24. The zero-order valence-corrected chi connectivity index (χ0v) is 9.50. The first kappa shape index (κ1) is 10.2. The topological polar surface area (TPSA) is 35.2 Å². The molecule has 2 heteroatoms. The summed E-state index contributed by atoms with van der Waals surface area (Å²) in [4.78, 5) is 0. The molecule has 1 aromatic carbocycles. The molecule has 1 aliphatic rings. The standard InChI is InChI=1S/C13H17NO/c1-9-4-5-12-11(6-9)10(8-14)7-13(2,3)15-12/h4-7H,8,14H2,1-3H3. The van der Waals surface area contributed by atoms with Crippen molar-refractivity contribution < 1.29 is 4.74 Å². The van der Waals surface area contributed by atoms with Gasteiger partial charge in [-0.05, 0) is 44.6 Å². The highest BCUT2D eigenvalue weighted by Gasteiger charge is 2.25. The van der Waals surface area contributed by atoms with E-state index in [0.717, 1.165) is 11.3 Å². The van der Waals surface area contributed by atoms with E-state index in [1.54, 1.807) is 0 Å². The largest absolute Gasteiger partial charge is 0.483 e. The van der Waals surface area contributed by atoms with Crippen LogP contribution in [0.4, 0.5) is 0 Å². The van der Waals surface area contributed by atoms with Crippen LogP contribution in [0.5, 0.6) is 5.75 Å². The van der Waals surface area contributed by atoms with Crippen molar-refractivity contribution >= 4 is 5.57 Å². The summed E-state index contributed by atoms with van der Waals surface area (Å²) in [5.41, 5.74) is 9.05. The lowest BCUT2D eigenvalue weighted by molar-refractivity contribution is 0.158. The van der Waals surface area contributed by atoms with Gasteiger partial charge in [0.05, 0.1) is 0 Å². The molecular formula is C13H17NO. The van der Waals surface area contributed by atoms with Gasteiger partial charge in [0.1, 0.15) is 11.4 Å². The summed E-state index contributed by atoms with van der Waals surface area (Å²) in [5.74, 6) is 0.938. The first-order valence-electron chi connectivity index (χ1n) is 5.24. The van der Waals surface area contributed by atoms with Crippen molar-refractivity contribution in [1.29, 1.82) is 0 Å². The summed E-state index contributed by atoms with van der Waals surface area (Å²) >= 11 is 0. The van der Waals surface area contributed by atoms with E-state index >= 15 is 0 Å². The SMILES string of the molecule is Cc1ccc2c(c1)C(CN)=CC(C)(C)O2. The Hall–Kier alpha value is -1.28. The molecule has 0 atom stereocenters. The molecule has 0 radical (unpaired) electrons. The molecule has 2 N–H and O–H groups in total. The van der Waals surface area contributed by atoms with Crippen molar-refractivity contribution in [2.24, 2.45) is 5.73 Å². The van der Waals surface area contributed by atoms with Crippen molar-refractivity contribution in [2.45, 2.75) is 26.4 Å². The molecule has 1 aliphatic heterocycles. The van der Waals surface area contributed by atoms with Gasteiger partial charge < -0.3 is 10.5 Å².